The van der Waals surface area contributed by atoms with Crippen molar-refractivity contribution in [3.8, 4) is 5.75 Å². The van der Waals surface area contributed by atoms with E-state index in [1.54, 1.807) is 19.2 Å². The average Bonchev–Trinajstić information content (AvgIpc) is 2.45. The number of rotatable bonds is 4. The van der Waals surface area contributed by atoms with Gasteiger partial charge in [-0.1, -0.05) is 29.8 Å². The molecule has 1 unspecified atom stereocenters. The molecule has 0 fully saturated rings. The van der Waals surface area contributed by atoms with Gasteiger partial charge in [0.1, 0.15) is 11.6 Å². The minimum absolute atomic E-state index is 0.251. The van der Waals surface area contributed by atoms with Gasteiger partial charge in [-0.05, 0) is 37.2 Å². The highest BCUT2D eigenvalue weighted by molar-refractivity contribution is 6.31. The van der Waals surface area contributed by atoms with Crippen LogP contribution in [0.1, 0.15) is 22.7 Å². The van der Waals surface area contributed by atoms with Crippen molar-refractivity contribution in [1.29, 1.82) is 0 Å². The Morgan fingerprint density at radius 2 is 1.95 bits per heavy atom. The summed E-state index contributed by atoms with van der Waals surface area (Å²) < 4.78 is 19.2. The summed E-state index contributed by atoms with van der Waals surface area (Å²) >= 11 is 6.15. The van der Waals surface area contributed by atoms with Crippen molar-refractivity contribution >= 4 is 11.6 Å². The Morgan fingerprint density at radius 3 is 2.50 bits per heavy atom. The van der Waals surface area contributed by atoms with E-state index < -0.39 is 0 Å². The van der Waals surface area contributed by atoms with Gasteiger partial charge in [0, 0.05) is 16.7 Å². The normalized spacial score (nSPS) is 12.2. The smallest absolute Gasteiger partial charge is 0.132 e. The standard InChI is InChI=1S/C16H17ClFNO/c1-10-4-5-11(8-14(10)17)16(19-2)13-7-6-12(20-3)9-15(13)18/h4-9,16,19H,1-3H3. The summed E-state index contributed by atoms with van der Waals surface area (Å²) in [6, 6.07) is 10.4. The molecule has 2 aromatic carbocycles. The minimum Gasteiger partial charge on any atom is -0.497 e. The molecule has 0 aliphatic heterocycles. The van der Waals surface area contributed by atoms with E-state index in [2.05, 4.69) is 5.32 Å². The molecule has 0 aliphatic carbocycles. The van der Waals surface area contributed by atoms with Crippen molar-refractivity contribution in [2.75, 3.05) is 14.2 Å². The summed E-state index contributed by atoms with van der Waals surface area (Å²) in [5, 5.41) is 3.80. The third-order valence-corrected chi connectivity index (χ3v) is 3.74. The van der Waals surface area contributed by atoms with Crippen LogP contribution in [0.5, 0.6) is 5.75 Å². The Kier molecular flexibility index (Phi) is 4.63. The van der Waals surface area contributed by atoms with Gasteiger partial charge < -0.3 is 10.1 Å². The lowest BCUT2D eigenvalue weighted by Crippen LogP contribution is -2.19. The molecule has 20 heavy (non-hydrogen) atoms. The molecule has 0 saturated heterocycles. The van der Waals surface area contributed by atoms with Gasteiger partial charge in [0.2, 0.25) is 0 Å². The lowest BCUT2D eigenvalue weighted by atomic mass is 9.97. The Morgan fingerprint density at radius 1 is 1.20 bits per heavy atom. The van der Waals surface area contributed by atoms with Crippen LogP contribution >= 0.6 is 11.6 Å². The predicted molar refractivity (Wildman–Crippen MR) is 80.0 cm³/mol. The number of hydrogen-bond acceptors (Lipinski definition) is 2. The highest BCUT2D eigenvalue weighted by Gasteiger charge is 2.17. The first-order chi connectivity index (χ1) is 9.56. The molecule has 2 aromatic rings. The molecule has 2 rings (SSSR count). The quantitative estimate of drug-likeness (QED) is 0.916. The van der Waals surface area contributed by atoms with Crippen molar-refractivity contribution in [2.24, 2.45) is 0 Å². The lowest BCUT2D eigenvalue weighted by molar-refractivity contribution is 0.410. The first-order valence-corrected chi connectivity index (χ1v) is 6.71. The third-order valence-electron chi connectivity index (χ3n) is 3.34. The maximum absolute atomic E-state index is 14.2. The fraction of sp³-hybridized carbons (Fsp3) is 0.250. The first-order valence-electron chi connectivity index (χ1n) is 6.33. The van der Waals surface area contributed by atoms with Crippen LogP contribution in [0.15, 0.2) is 36.4 Å². The van der Waals surface area contributed by atoms with E-state index >= 15 is 0 Å². The van der Waals surface area contributed by atoms with Crippen LogP contribution in [0.4, 0.5) is 4.39 Å². The molecule has 0 radical (unpaired) electrons. The molecule has 1 atom stereocenters. The number of ether oxygens (including phenoxy) is 1. The third kappa shape index (κ3) is 2.94. The molecule has 1 N–H and O–H groups in total. The van der Waals surface area contributed by atoms with Crippen molar-refractivity contribution in [1.82, 2.24) is 5.32 Å². The monoisotopic (exact) mass is 293 g/mol. The second kappa shape index (κ2) is 6.25. The molecule has 0 spiro atoms. The molecule has 4 heteroatoms. The van der Waals surface area contributed by atoms with E-state index in [9.17, 15) is 4.39 Å². The second-order valence-corrected chi connectivity index (χ2v) is 5.02. The summed E-state index contributed by atoms with van der Waals surface area (Å²) in [5.41, 5.74) is 2.49. The van der Waals surface area contributed by atoms with Crippen LogP contribution in [0.3, 0.4) is 0 Å². The fourth-order valence-corrected chi connectivity index (χ4v) is 2.35. The molecule has 2 nitrogen and oxygen atoms in total. The zero-order chi connectivity index (χ0) is 14.7. The molecule has 106 valence electrons. The number of hydrogen-bond donors (Lipinski definition) is 1. The number of aryl methyl sites for hydroxylation is 1. The maximum Gasteiger partial charge on any atom is 0.132 e. The van der Waals surface area contributed by atoms with Crippen LogP contribution in [0.25, 0.3) is 0 Å². The van der Waals surface area contributed by atoms with Gasteiger partial charge in [-0.25, -0.2) is 4.39 Å². The van der Waals surface area contributed by atoms with Crippen molar-refractivity contribution in [3.63, 3.8) is 0 Å². The van der Waals surface area contributed by atoms with Crippen LogP contribution in [0, 0.1) is 12.7 Å². The summed E-state index contributed by atoms with van der Waals surface area (Å²) in [6.45, 7) is 1.94. The first kappa shape index (κ1) is 14.8. The summed E-state index contributed by atoms with van der Waals surface area (Å²) in [4.78, 5) is 0. The Balaban J connectivity index is 2.43. The Labute approximate surface area is 123 Å². The molecule has 0 heterocycles. The van der Waals surface area contributed by atoms with Gasteiger partial charge in [-0.2, -0.15) is 0 Å². The highest BCUT2D eigenvalue weighted by atomic mass is 35.5. The predicted octanol–water partition coefficient (Wildman–Crippen LogP) is 4.10. The zero-order valence-corrected chi connectivity index (χ0v) is 12.5. The average molecular weight is 294 g/mol. The maximum atomic E-state index is 14.2. The van der Waals surface area contributed by atoms with Crippen LogP contribution in [0.2, 0.25) is 5.02 Å². The van der Waals surface area contributed by atoms with E-state index in [1.165, 1.54) is 13.2 Å². The molecule has 0 amide bonds. The minimum atomic E-state index is -0.305. The summed E-state index contributed by atoms with van der Waals surface area (Å²) in [6.07, 6.45) is 0. The largest absolute Gasteiger partial charge is 0.497 e. The van der Waals surface area contributed by atoms with Crippen LogP contribution < -0.4 is 10.1 Å². The second-order valence-electron chi connectivity index (χ2n) is 4.62. The molecule has 0 aliphatic rings. The van der Waals surface area contributed by atoms with E-state index in [0.29, 0.717) is 16.3 Å². The molecule has 0 aromatic heterocycles. The molecule has 0 bridgehead atoms. The van der Waals surface area contributed by atoms with Gasteiger partial charge in [0.25, 0.3) is 0 Å². The number of benzene rings is 2. The van der Waals surface area contributed by atoms with Gasteiger partial charge in [0.05, 0.1) is 13.2 Å². The number of halogens is 2. The summed E-state index contributed by atoms with van der Waals surface area (Å²) in [7, 11) is 3.31. The number of nitrogens with one attached hydrogen (secondary N) is 1. The van der Waals surface area contributed by atoms with E-state index in [0.717, 1.165) is 11.1 Å². The van der Waals surface area contributed by atoms with Crippen molar-refractivity contribution in [2.45, 2.75) is 13.0 Å². The Hall–Kier alpha value is -1.58. The van der Waals surface area contributed by atoms with Gasteiger partial charge >= 0.3 is 0 Å². The molecular weight excluding hydrogens is 277 g/mol. The topological polar surface area (TPSA) is 21.3 Å². The molecule has 0 saturated carbocycles. The Bertz CT molecular complexity index is 615. The van der Waals surface area contributed by atoms with Crippen molar-refractivity contribution < 1.29 is 9.13 Å². The van der Waals surface area contributed by atoms with Crippen molar-refractivity contribution in [3.05, 3.63) is 63.9 Å². The zero-order valence-electron chi connectivity index (χ0n) is 11.7. The van der Waals surface area contributed by atoms with Crippen LogP contribution in [-0.2, 0) is 0 Å². The van der Waals surface area contributed by atoms with E-state index in [4.69, 9.17) is 16.3 Å². The van der Waals surface area contributed by atoms with Gasteiger partial charge in [-0.3, -0.25) is 0 Å². The van der Waals surface area contributed by atoms with E-state index in [1.807, 2.05) is 25.1 Å². The van der Waals surface area contributed by atoms with Gasteiger partial charge in [0.15, 0.2) is 0 Å². The highest BCUT2D eigenvalue weighted by Crippen LogP contribution is 2.29. The SMILES string of the molecule is CNC(c1ccc(C)c(Cl)c1)c1ccc(OC)cc1F. The number of methoxy groups -OCH3 is 1. The van der Waals surface area contributed by atoms with Crippen LogP contribution in [-0.4, -0.2) is 14.2 Å². The fourth-order valence-electron chi connectivity index (χ4n) is 2.16. The van der Waals surface area contributed by atoms with Gasteiger partial charge in [-0.15, -0.1) is 0 Å². The summed E-state index contributed by atoms with van der Waals surface area (Å²) in [5.74, 6) is 0.198. The lowest BCUT2D eigenvalue weighted by Gasteiger charge is -2.19. The van der Waals surface area contributed by atoms with E-state index in [-0.39, 0.29) is 11.9 Å². The molecular formula is C16H17ClFNO.